The molecule has 0 fully saturated rings. The van der Waals surface area contributed by atoms with Gasteiger partial charge in [-0.2, -0.15) is 5.10 Å². The van der Waals surface area contributed by atoms with Crippen LogP contribution in [-0.2, 0) is 6.54 Å². The highest BCUT2D eigenvalue weighted by Gasteiger charge is 2.17. The maximum atomic E-state index is 10.2. The fourth-order valence-electron chi connectivity index (χ4n) is 3.47. The van der Waals surface area contributed by atoms with Crippen LogP contribution in [0.5, 0.6) is 5.75 Å². The lowest BCUT2D eigenvalue weighted by atomic mass is 9.99. The van der Waals surface area contributed by atoms with E-state index in [4.69, 9.17) is 0 Å². The number of nitrogens with zero attached hydrogens (tertiary/aromatic N) is 2. The van der Waals surface area contributed by atoms with Gasteiger partial charge in [-0.25, -0.2) is 0 Å². The van der Waals surface area contributed by atoms with Crippen LogP contribution in [0, 0.1) is 0 Å². The molecule has 0 bridgehead atoms. The van der Waals surface area contributed by atoms with Crippen molar-refractivity contribution in [3.8, 4) is 5.75 Å². The third kappa shape index (κ3) is 2.75. The number of rotatable bonds is 4. The molecule has 0 saturated carbocycles. The van der Waals surface area contributed by atoms with Gasteiger partial charge in [0.2, 0.25) is 0 Å². The molecule has 25 heavy (non-hydrogen) atoms. The summed E-state index contributed by atoms with van der Waals surface area (Å²) < 4.78 is 0. The molecule has 0 aliphatic carbocycles. The molecule has 0 unspecified atom stereocenters. The first-order chi connectivity index (χ1) is 12.1. The fraction of sp³-hybridized carbons (Fsp3) is 0.190. The summed E-state index contributed by atoms with van der Waals surface area (Å²) in [4.78, 5) is 2.27. The largest absolute Gasteiger partial charge is 0.507 e. The molecule has 2 N–H and O–H groups in total. The maximum absolute atomic E-state index is 10.2. The lowest BCUT2D eigenvalue weighted by Crippen LogP contribution is -2.22. The number of aromatic nitrogens is 2. The van der Waals surface area contributed by atoms with Gasteiger partial charge in [-0.05, 0) is 42.4 Å². The van der Waals surface area contributed by atoms with Crippen LogP contribution >= 0.6 is 0 Å². The molecule has 4 heteroatoms. The summed E-state index contributed by atoms with van der Waals surface area (Å²) in [5.74, 6) is 0.271. The zero-order valence-corrected chi connectivity index (χ0v) is 14.4. The van der Waals surface area contributed by atoms with Gasteiger partial charge in [0.25, 0.3) is 0 Å². The van der Waals surface area contributed by atoms with Crippen molar-refractivity contribution in [3.05, 3.63) is 71.9 Å². The van der Waals surface area contributed by atoms with Crippen LogP contribution in [0.2, 0.25) is 0 Å². The Balaban J connectivity index is 1.67. The highest BCUT2D eigenvalue weighted by Crippen LogP contribution is 2.31. The second kappa shape index (κ2) is 6.22. The van der Waals surface area contributed by atoms with Gasteiger partial charge in [0.05, 0.1) is 16.6 Å². The SMILES string of the molecule is C[C@H](c1cccc2ccccc12)N(C)Cc1[nH]nc2cccc(O)c12. The van der Waals surface area contributed by atoms with E-state index in [2.05, 4.69) is 71.5 Å². The van der Waals surface area contributed by atoms with Crippen molar-refractivity contribution < 1.29 is 5.11 Å². The minimum absolute atomic E-state index is 0.232. The Morgan fingerprint density at radius 2 is 1.80 bits per heavy atom. The second-order valence-electron chi connectivity index (χ2n) is 6.53. The van der Waals surface area contributed by atoms with Crippen molar-refractivity contribution in [1.82, 2.24) is 15.1 Å². The smallest absolute Gasteiger partial charge is 0.126 e. The van der Waals surface area contributed by atoms with Gasteiger partial charge < -0.3 is 5.11 Å². The molecule has 0 aliphatic rings. The van der Waals surface area contributed by atoms with Crippen LogP contribution in [-0.4, -0.2) is 27.3 Å². The average molecular weight is 331 g/mol. The number of phenols is 1. The quantitative estimate of drug-likeness (QED) is 0.574. The first-order valence-corrected chi connectivity index (χ1v) is 8.48. The molecule has 1 aromatic heterocycles. The van der Waals surface area contributed by atoms with Crippen molar-refractivity contribution in [2.45, 2.75) is 19.5 Å². The molecule has 4 aromatic rings. The summed E-state index contributed by atoms with van der Waals surface area (Å²) in [6.45, 7) is 2.89. The molecule has 4 nitrogen and oxygen atoms in total. The van der Waals surface area contributed by atoms with Crippen LogP contribution in [0.3, 0.4) is 0 Å². The predicted octanol–water partition coefficient (Wildman–Crippen LogP) is 4.61. The van der Waals surface area contributed by atoms with Crippen molar-refractivity contribution in [2.75, 3.05) is 7.05 Å². The van der Waals surface area contributed by atoms with E-state index in [1.807, 2.05) is 12.1 Å². The summed E-state index contributed by atoms with van der Waals surface area (Å²) in [5.41, 5.74) is 3.03. The Hall–Kier alpha value is -2.85. The van der Waals surface area contributed by atoms with E-state index in [1.165, 1.54) is 16.3 Å². The van der Waals surface area contributed by atoms with Gasteiger partial charge in [-0.3, -0.25) is 10.00 Å². The van der Waals surface area contributed by atoms with Crippen LogP contribution < -0.4 is 0 Å². The first kappa shape index (κ1) is 15.7. The topological polar surface area (TPSA) is 52.2 Å². The van der Waals surface area contributed by atoms with E-state index in [9.17, 15) is 5.11 Å². The van der Waals surface area contributed by atoms with Gasteiger partial charge in [0.1, 0.15) is 5.75 Å². The average Bonchev–Trinajstić information content (AvgIpc) is 3.05. The van der Waals surface area contributed by atoms with Gasteiger partial charge in [-0.1, -0.05) is 48.5 Å². The number of nitrogens with one attached hydrogen (secondary N) is 1. The Kier molecular flexibility index (Phi) is 3.90. The van der Waals surface area contributed by atoms with Crippen LogP contribution in [0.25, 0.3) is 21.7 Å². The monoisotopic (exact) mass is 331 g/mol. The summed E-state index contributed by atoms with van der Waals surface area (Å²) in [7, 11) is 2.10. The molecule has 0 amide bonds. The lowest BCUT2D eigenvalue weighted by molar-refractivity contribution is 0.252. The predicted molar refractivity (Wildman–Crippen MR) is 102 cm³/mol. The van der Waals surface area contributed by atoms with Gasteiger partial charge in [-0.15, -0.1) is 0 Å². The lowest BCUT2D eigenvalue weighted by Gasteiger charge is -2.26. The summed E-state index contributed by atoms with van der Waals surface area (Å²) in [5, 5.41) is 20.9. The number of fused-ring (bicyclic) bond motifs is 2. The van der Waals surface area contributed by atoms with Crippen LogP contribution in [0.15, 0.2) is 60.7 Å². The minimum atomic E-state index is 0.232. The summed E-state index contributed by atoms with van der Waals surface area (Å²) in [6, 6.07) is 20.6. The second-order valence-corrected chi connectivity index (χ2v) is 6.53. The van der Waals surface area contributed by atoms with Crippen molar-refractivity contribution in [1.29, 1.82) is 0 Å². The third-order valence-corrected chi connectivity index (χ3v) is 4.98. The van der Waals surface area contributed by atoms with E-state index in [1.54, 1.807) is 6.07 Å². The molecule has 1 heterocycles. The highest BCUT2D eigenvalue weighted by atomic mass is 16.3. The number of hydrogen-bond donors (Lipinski definition) is 2. The van der Waals surface area contributed by atoms with Gasteiger partial charge >= 0.3 is 0 Å². The molecule has 0 radical (unpaired) electrons. The molecule has 0 spiro atoms. The normalized spacial score (nSPS) is 12.9. The van der Waals surface area contributed by atoms with Gasteiger partial charge in [0, 0.05) is 12.6 Å². The van der Waals surface area contributed by atoms with E-state index >= 15 is 0 Å². The highest BCUT2D eigenvalue weighted by molar-refractivity contribution is 5.87. The molecule has 126 valence electrons. The summed E-state index contributed by atoms with van der Waals surface area (Å²) in [6.07, 6.45) is 0. The number of benzene rings is 3. The summed E-state index contributed by atoms with van der Waals surface area (Å²) >= 11 is 0. The third-order valence-electron chi connectivity index (χ3n) is 4.98. The number of H-pyrrole nitrogens is 1. The zero-order chi connectivity index (χ0) is 17.4. The van der Waals surface area contributed by atoms with Crippen LogP contribution in [0.1, 0.15) is 24.2 Å². The molecule has 0 saturated heterocycles. The van der Waals surface area contributed by atoms with Crippen LogP contribution in [0.4, 0.5) is 0 Å². The number of aromatic amines is 1. The molecule has 4 rings (SSSR count). The van der Waals surface area contributed by atoms with Gasteiger partial charge in [0.15, 0.2) is 0 Å². The molecule has 1 atom stereocenters. The van der Waals surface area contributed by atoms with Crippen molar-refractivity contribution >= 4 is 21.7 Å². The van der Waals surface area contributed by atoms with E-state index in [0.29, 0.717) is 6.54 Å². The van der Waals surface area contributed by atoms with E-state index in [-0.39, 0.29) is 11.8 Å². The number of aromatic hydroxyl groups is 1. The molecule has 3 aromatic carbocycles. The molecule has 0 aliphatic heterocycles. The Morgan fingerprint density at radius 3 is 2.68 bits per heavy atom. The molecular formula is C21H21N3O. The fourth-order valence-corrected chi connectivity index (χ4v) is 3.47. The zero-order valence-electron chi connectivity index (χ0n) is 14.4. The Labute approximate surface area is 146 Å². The van der Waals surface area contributed by atoms with Crippen molar-refractivity contribution in [3.63, 3.8) is 0 Å². The van der Waals surface area contributed by atoms with E-state index in [0.717, 1.165) is 16.6 Å². The minimum Gasteiger partial charge on any atom is -0.507 e. The van der Waals surface area contributed by atoms with E-state index < -0.39 is 0 Å². The first-order valence-electron chi connectivity index (χ1n) is 8.48. The Morgan fingerprint density at radius 1 is 1.04 bits per heavy atom. The van der Waals surface area contributed by atoms with Crippen molar-refractivity contribution in [2.24, 2.45) is 0 Å². The molecular weight excluding hydrogens is 310 g/mol. The maximum Gasteiger partial charge on any atom is 0.126 e. The standard InChI is InChI=1S/C21H21N3O/c1-14(16-10-5-8-15-7-3-4-9-17(15)16)24(2)13-19-21-18(22-23-19)11-6-12-20(21)25/h3-12,14,25H,13H2,1-2H3,(H,22,23)/t14-/m1/s1. The Bertz CT molecular complexity index is 1030. The number of phenolic OH excluding ortho intramolecular Hbond substituents is 1. The number of hydrogen-bond acceptors (Lipinski definition) is 3.